The molecule has 132 valence electrons. The fourth-order valence-electron chi connectivity index (χ4n) is 2.80. The van der Waals surface area contributed by atoms with Gasteiger partial charge in [0.1, 0.15) is 0 Å². The summed E-state index contributed by atoms with van der Waals surface area (Å²) in [5.74, 6) is -0.328. The summed E-state index contributed by atoms with van der Waals surface area (Å²) in [5, 5.41) is 3.45. The molecule has 2 N–H and O–H groups in total. The molecule has 24 heavy (non-hydrogen) atoms. The average Bonchev–Trinajstić information content (AvgIpc) is 2.61. The van der Waals surface area contributed by atoms with Crippen molar-refractivity contribution in [2.75, 3.05) is 17.0 Å². The number of carbonyl (C=O) groups is 1. The van der Waals surface area contributed by atoms with Gasteiger partial charge in [-0.1, -0.05) is 25.8 Å². The SMILES string of the molecule is C=CC(=O)N(P)c1cc(S(=O)(=O)NC)ccc1NC1CCCCC1. The molecule has 0 aromatic heterocycles. The quantitative estimate of drug-likeness (QED) is 0.597. The van der Waals surface area contributed by atoms with Crippen molar-refractivity contribution in [3.8, 4) is 0 Å². The van der Waals surface area contributed by atoms with E-state index in [-0.39, 0.29) is 10.8 Å². The largest absolute Gasteiger partial charge is 0.381 e. The number of benzene rings is 1. The number of carbonyl (C=O) groups excluding carboxylic acids is 1. The lowest BCUT2D eigenvalue weighted by Gasteiger charge is -2.27. The Labute approximate surface area is 146 Å². The zero-order valence-corrected chi connectivity index (χ0v) is 15.8. The molecule has 1 aliphatic carbocycles. The number of hydrogen-bond acceptors (Lipinski definition) is 4. The maximum absolute atomic E-state index is 12.1. The van der Waals surface area contributed by atoms with E-state index in [0.717, 1.165) is 18.5 Å². The van der Waals surface area contributed by atoms with Gasteiger partial charge < -0.3 is 5.32 Å². The zero-order valence-electron chi connectivity index (χ0n) is 13.8. The Kier molecular flexibility index (Phi) is 6.38. The zero-order chi connectivity index (χ0) is 17.7. The highest BCUT2D eigenvalue weighted by atomic mass is 32.2. The number of nitrogens with zero attached hydrogens (tertiary/aromatic N) is 1. The highest BCUT2D eigenvalue weighted by molar-refractivity contribution is 7.89. The van der Waals surface area contributed by atoms with Crippen molar-refractivity contribution < 1.29 is 13.2 Å². The van der Waals surface area contributed by atoms with Crippen LogP contribution in [0.5, 0.6) is 0 Å². The maximum atomic E-state index is 12.1. The fraction of sp³-hybridized carbons (Fsp3) is 0.438. The second kappa shape index (κ2) is 8.10. The first-order chi connectivity index (χ1) is 11.4. The first kappa shape index (κ1) is 18.9. The standard InChI is InChI=1S/C16H24N3O3PS/c1-3-16(20)19(23)15-11-13(24(21,22)17-2)9-10-14(15)18-12-7-5-4-6-8-12/h3,9-12,17-18H,1,4-8,23H2,2H3. The van der Waals surface area contributed by atoms with Crippen molar-refractivity contribution in [3.05, 3.63) is 30.9 Å². The van der Waals surface area contributed by atoms with Crippen molar-refractivity contribution in [3.63, 3.8) is 0 Å². The molecule has 8 heteroatoms. The summed E-state index contributed by atoms with van der Waals surface area (Å²) in [7, 11) is 0.0916. The third kappa shape index (κ3) is 4.35. The van der Waals surface area contributed by atoms with Crippen molar-refractivity contribution in [1.82, 2.24) is 4.72 Å². The number of anilines is 2. The van der Waals surface area contributed by atoms with Crippen LogP contribution < -0.4 is 14.7 Å². The van der Waals surface area contributed by atoms with Crippen LogP contribution in [-0.4, -0.2) is 27.4 Å². The van der Waals surface area contributed by atoms with Crippen LogP contribution in [0.25, 0.3) is 0 Å². The van der Waals surface area contributed by atoms with E-state index in [4.69, 9.17) is 0 Å². The Morgan fingerprint density at radius 3 is 2.58 bits per heavy atom. The Balaban J connectivity index is 2.41. The van der Waals surface area contributed by atoms with Crippen LogP contribution in [0.1, 0.15) is 32.1 Å². The smallest absolute Gasteiger partial charge is 0.253 e. The lowest BCUT2D eigenvalue weighted by atomic mass is 9.95. The minimum atomic E-state index is -3.59. The first-order valence-corrected chi connectivity index (χ1v) is 9.94. The van der Waals surface area contributed by atoms with Gasteiger partial charge in [-0.05, 0) is 53.6 Å². The molecule has 2 rings (SSSR count). The van der Waals surface area contributed by atoms with Crippen LogP contribution in [0.3, 0.4) is 0 Å². The molecule has 1 aromatic carbocycles. The third-order valence-corrected chi connectivity index (χ3v) is 6.13. The summed E-state index contributed by atoms with van der Waals surface area (Å²) in [5.41, 5.74) is 1.23. The highest BCUT2D eigenvalue weighted by Gasteiger charge is 2.21. The molecular formula is C16H24N3O3PS. The third-order valence-electron chi connectivity index (χ3n) is 4.18. The molecule has 0 aliphatic heterocycles. The van der Waals surface area contributed by atoms with Gasteiger partial charge in [0.25, 0.3) is 5.91 Å². The summed E-state index contributed by atoms with van der Waals surface area (Å²) < 4.78 is 27.7. The molecule has 1 aliphatic rings. The van der Waals surface area contributed by atoms with Crippen LogP contribution in [0, 0.1) is 0 Å². The molecule has 1 unspecified atom stereocenters. The molecule has 1 atom stereocenters. The predicted octanol–water partition coefficient (Wildman–Crippen LogP) is 2.65. The van der Waals surface area contributed by atoms with Crippen molar-refractivity contribution >= 4 is 36.7 Å². The van der Waals surface area contributed by atoms with Crippen LogP contribution in [0.15, 0.2) is 35.7 Å². The molecule has 1 saturated carbocycles. The van der Waals surface area contributed by atoms with Crippen LogP contribution in [-0.2, 0) is 14.8 Å². The van der Waals surface area contributed by atoms with Crippen molar-refractivity contribution in [2.45, 2.75) is 43.0 Å². The molecule has 0 bridgehead atoms. The predicted molar refractivity (Wildman–Crippen MR) is 101 cm³/mol. The Morgan fingerprint density at radius 2 is 2.00 bits per heavy atom. The van der Waals surface area contributed by atoms with Gasteiger partial charge in [-0.25, -0.2) is 13.1 Å². The Bertz CT molecular complexity index is 715. The van der Waals surface area contributed by atoms with Crippen LogP contribution in [0.2, 0.25) is 0 Å². The minimum absolute atomic E-state index is 0.110. The summed E-state index contributed by atoms with van der Waals surface area (Å²) in [4.78, 5) is 12.1. The van der Waals surface area contributed by atoms with Crippen molar-refractivity contribution in [2.24, 2.45) is 0 Å². The lowest BCUT2D eigenvalue weighted by Crippen LogP contribution is -2.25. The monoisotopic (exact) mass is 369 g/mol. The van der Waals surface area contributed by atoms with Gasteiger partial charge >= 0.3 is 0 Å². The van der Waals surface area contributed by atoms with Gasteiger partial charge in [-0.15, -0.1) is 0 Å². The molecular weight excluding hydrogens is 345 g/mol. The van der Waals surface area contributed by atoms with Gasteiger partial charge in [-0.2, -0.15) is 0 Å². The topological polar surface area (TPSA) is 78.5 Å². The summed E-state index contributed by atoms with van der Waals surface area (Å²) in [6, 6.07) is 5.08. The molecule has 6 nitrogen and oxygen atoms in total. The average molecular weight is 369 g/mol. The first-order valence-electron chi connectivity index (χ1n) is 7.94. The normalized spacial score (nSPS) is 15.8. The van der Waals surface area contributed by atoms with Crippen molar-refractivity contribution in [1.29, 1.82) is 0 Å². The summed E-state index contributed by atoms with van der Waals surface area (Å²) >= 11 is 0. The van der Waals surface area contributed by atoms with E-state index in [1.54, 1.807) is 6.07 Å². The Morgan fingerprint density at radius 1 is 1.33 bits per heavy atom. The van der Waals surface area contributed by atoms with E-state index in [0.29, 0.717) is 11.7 Å². The van der Waals surface area contributed by atoms with E-state index < -0.39 is 10.0 Å². The fourth-order valence-corrected chi connectivity index (χ4v) is 3.87. The number of amides is 1. The second-order valence-electron chi connectivity index (χ2n) is 5.78. The van der Waals surface area contributed by atoms with Crippen LogP contribution >= 0.6 is 9.39 Å². The maximum Gasteiger partial charge on any atom is 0.253 e. The number of rotatable bonds is 6. The molecule has 0 spiro atoms. The number of nitrogens with one attached hydrogen (secondary N) is 2. The van der Waals surface area contributed by atoms with Gasteiger partial charge in [0.05, 0.1) is 16.3 Å². The Hall–Kier alpha value is -1.43. The van der Waals surface area contributed by atoms with Gasteiger partial charge in [0, 0.05) is 6.04 Å². The molecule has 0 radical (unpaired) electrons. The molecule has 1 aromatic rings. The lowest BCUT2D eigenvalue weighted by molar-refractivity contribution is -0.113. The van der Waals surface area contributed by atoms with E-state index >= 15 is 0 Å². The number of hydrogen-bond donors (Lipinski definition) is 2. The second-order valence-corrected chi connectivity index (χ2v) is 8.18. The van der Waals surface area contributed by atoms with E-state index in [1.807, 2.05) is 0 Å². The molecule has 0 saturated heterocycles. The minimum Gasteiger partial charge on any atom is -0.381 e. The summed E-state index contributed by atoms with van der Waals surface area (Å²) in [6.07, 6.45) is 6.93. The molecule has 1 amide bonds. The van der Waals surface area contributed by atoms with Crippen LogP contribution in [0.4, 0.5) is 11.4 Å². The highest BCUT2D eigenvalue weighted by Crippen LogP contribution is 2.33. The number of sulfonamides is 1. The van der Waals surface area contributed by atoms with Gasteiger partial charge in [0.2, 0.25) is 10.0 Å². The molecule has 0 heterocycles. The van der Waals surface area contributed by atoms with E-state index in [9.17, 15) is 13.2 Å². The molecule has 1 fully saturated rings. The van der Waals surface area contributed by atoms with Gasteiger partial charge in [-0.3, -0.25) is 9.46 Å². The van der Waals surface area contributed by atoms with E-state index in [1.165, 1.54) is 49.2 Å². The van der Waals surface area contributed by atoms with Gasteiger partial charge in [0.15, 0.2) is 0 Å². The summed E-state index contributed by atoms with van der Waals surface area (Å²) in [6.45, 7) is 3.48. The van der Waals surface area contributed by atoms with E-state index in [2.05, 4.69) is 26.0 Å².